The molecule has 1 atom stereocenters. The van der Waals surface area contributed by atoms with Gasteiger partial charge in [0, 0.05) is 8.07 Å². The van der Waals surface area contributed by atoms with Gasteiger partial charge in [-0.1, -0.05) is 40.4 Å². The van der Waals surface area contributed by atoms with Crippen molar-refractivity contribution in [1.82, 2.24) is 0 Å². The van der Waals surface area contributed by atoms with E-state index < -0.39 is 8.07 Å². The first-order valence-electron chi connectivity index (χ1n) is 3.68. The van der Waals surface area contributed by atoms with E-state index in [1.165, 1.54) is 0 Å². The van der Waals surface area contributed by atoms with Gasteiger partial charge in [-0.15, -0.1) is 0 Å². The Bertz CT molecular complexity index is 79.1. The highest BCUT2D eigenvalue weighted by Gasteiger charge is 2.24. The van der Waals surface area contributed by atoms with Crippen LogP contribution in [-0.2, 0) is 0 Å². The van der Waals surface area contributed by atoms with Gasteiger partial charge in [-0.25, -0.2) is 0 Å². The predicted octanol–water partition coefficient (Wildman–Crippen LogP) is 3.18. The molecule has 0 N–H and O–H groups in total. The lowest BCUT2D eigenvalue weighted by atomic mass is 10.1. The van der Waals surface area contributed by atoms with Crippen LogP contribution in [0.2, 0.25) is 25.2 Å². The molecular formula is C8H19Si. The average molecular weight is 143 g/mol. The van der Waals surface area contributed by atoms with Gasteiger partial charge < -0.3 is 0 Å². The van der Waals surface area contributed by atoms with Crippen LogP contribution in [0, 0.1) is 12.8 Å². The molecule has 1 radical (unpaired) electrons. The summed E-state index contributed by atoms with van der Waals surface area (Å²) < 4.78 is 0. The minimum atomic E-state index is -0.935. The molecule has 0 nitrogen and oxygen atoms in total. The van der Waals surface area contributed by atoms with Crippen LogP contribution in [0.25, 0.3) is 0 Å². The molecule has 1 heteroatoms. The molecule has 55 valence electrons. The lowest BCUT2D eigenvalue weighted by Crippen LogP contribution is -2.29. The van der Waals surface area contributed by atoms with Crippen LogP contribution in [0.15, 0.2) is 0 Å². The molecule has 0 rings (SSSR count). The summed E-state index contributed by atoms with van der Waals surface area (Å²) in [4.78, 5) is 0. The van der Waals surface area contributed by atoms with Gasteiger partial charge in [-0.2, -0.15) is 0 Å². The van der Waals surface area contributed by atoms with E-state index in [2.05, 4.69) is 40.4 Å². The smallest absolute Gasteiger partial charge is 0.0476 e. The molecule has 9 heavy (non-hydrogen) atoms. The van der Waals surface area contributed by atoms with E-state index in [-0.39, 0.29) is 0 Å². The molecule has 0 spiro atoms. The second kappa shape index (κ2) is 2.87. The fourth-order valence-electron chi connectivity index (χ4n) is 1.00. The first kappa shape index (κ1) is 9.22. The van der Waals surface area contributed by atoms with Gasteiger partial charge in [0.05, 0.1) is 0 Å². The predicted molar refractivity (Wildman–Crippen MR) is 47.3 cm³/mol. The normalized spacial score (nSPS) is 16.3. The molecular weight excluding hydrogens is 124 g/mol. The Hall–Kier alpha value is 0.217. The summed E-state index contributed by atoms with van der Waals surface area (Å²) in [5.41, 5.74) is 0.706. The highest BCUT2D eigenvalue weighted by Crippen LogP contribution is 2.27. The summed E-state index contributed by atoms with van der Waals surface area (Å²) in [5, 5.41) is 0. The average Bonchev–Trinajstić information content (AvgIpc) is 1.62. The third-order valence-corrected chi connectivity index (χ3v) is 4.81. The van der Waals surface area contributed by atoms with E-state index in [0.717, 1.165) is 5.92 Å². The number of hydrogen-bond acceptors (Lipinski definition) is 0. The molecule has 0 heterocycles. The van der Waals surface area contributed by atoms with Gasteiger partial charge in [0.15, 0.2) is 0 Å². The monoisotopic (exact) mass is 143 g/mol. The maximum Gasteiger partial charge on any atom is 0.0476 e. The Morgan fingerprint density at radius 3 is 1.44 bits per heavy atom. The minimum absolute atomic E-state index is 0.706. The van der Waals surface area contributed by atoms with Crippen LogP contribution in [0.3, 0.4) is 0 Å². The Labute approximate surface area is 60.7 Å². The lowest BCUT2D eigenvalue weighted by Gasteiger charge is -2.28. The van der Waals surface area contributed by atoms with E-state index in [0.29, 0.717) is 5.54 Å². The molecule has 0 aliphatic rings. The highest BCUT2D eigenvalue weighted by atomic mass is 28.3. The fraction of sp³-hybridized carbons (Fsp3) is 0.875. The van der Waals surface area contributed by atoms with Gasteiger partial charge in [-0.3, -0.25) is 0 Å². The maximum atomic E-state index is 4.17. The van der Waals surface area contributed by atoms with E-state index >= 15 is 0 Å². The van der Waals surface area contributed by atoms with Gasteiger partial charge in [0.2, 0.25) is 0 Å². The first-order valence-corrected chi connectivity index (χ1v) is 7.26. The van der Waals surface area contributed by atoms with Crippen LogP contribution >= 0.6 is 0 Å². The molecule has 0 bridgehead atoms. The van der Waals surface area contributed by atoms with Crippen molar-refractivity contribution < 1.29 is 0 Å². The first-order chi connectivity index (χ1) is 3.85. The van der Waals surface area contributed by atoms with Crippen LogP contribution < -0.4 is 0 Å². The Morgan fingerprint density at radius 1 is 1.11 bits per heavy atom. The third-order valence-electron chi connectivity index (χ3n) is 1.92. The van der Waals surface area contributed by atoms with Crippen LogP contribution in [-0.4, -0.2) is 8.07 Å². The van der Waals surface area contributed by atoms with Gasteiger partial charge in [0.25, 0.3) is 0 Å². The summed E-state index contributed by atoms with van der Waals surface area (Å²) in [6.07, 6.45) is 0. The SMILES string of the molecule is [CH2]C(C(C)C)[Si](C)(C)C. The van der Waals surface area contributed by atoms with E-state index in [9.17, 15) is 0 Å². The van der Waals surface area contributed by atoms with Crippen molar-refractivity contribution in [2.45, 2.75) is 39.0 Å². The summed E-state index contributed by atoms with van der Waals surface area (Å²) in [7, 11) is -0.935. The quantitative estimate of drug-likeness (QED) is 0.521. The van der Waals surface area contributed by atoms with Crippen LogP contribution in [0.4, 0.5) is 0 Å². The lowest BCUT2D eigenvalue weighted by molar-refractivity contribution is 0.642. The summed E-state index contributed by atoms with van der Waals surface area (Å²) >= 11 is 0. The highest BCUT2D eigenvalue weighted by molar-refractivity contribution is 6.77. The number of hydrogen-bond donors (Lipinski definition) is 0. The standard InChI is InChI=1S/C8H19Si/c1-7(2)8(3)9(4,5)6/h7-8H,3H2,1-2,4-6H3. The Balaban J connectivity index is 3.88. The molecule has 0 aliphatic carbocycles. The van der Waals surface area contributed by atoms with E-state index in [4.69, 9.17) is 0 Å². The van der Waals surface area contributed by atoms with Crippen molar-refractivity contribution in [3.8, 4) is 0 Å². The van der Waals surface area contributed by atoms with Crippen molar-refractivity contribution in [2.24, 2.45) is 5.92 Å². The molecule has 0 aromatic rings. The minimum Gasteiger partial charge on any atom is -0.0693 e. The van der Waals surface area contributed by atoms with Crippen molar-refractivity contribution in [1.29, 1.82) is 0 Å². The molecule has 0 saturated carbocycles. The second-order valence-electron chi connectivity index (χ2n) is 4.22. The largest absolute Gasteiger partial charge is 0.0693 e. The number of rotatable bonds is 2. The molecule has 0 fully saturated rings. The van der Waals surface area contributed by atoms with Crippen molar-refractivity contribution in [2.75, 3.05) is 0 Å². The van der Waals surface area contributed by atoms with Crippen molar-refractivity contribution in [3.05, 3.63) is 6.92 Å². The Morgan fingerprint density at radius 2 is 1.44 bits per heavy atom. The fourth-order valence-corrected chi connectivity index (χ4v) is 3.00. The summed E-state index contributed by atoms with van der Waals surface area (Å²) in [6.45, 7) is 15.8. The maximum absolute atomic E-state index is 4.17. The Kier molecular flexibility index (Phi) is 2.94. The van der Waals surface area contributed by atoms with Crippen molar-refractivity contribution in [3.63, 3.8) is 0 Å². The van der Waals surface area contributed by atoms with Crippen LogP contribution in [0.1, 0.15) is 13.8 Å². The van der Waals surface area contributed by atoms with E-state index in [1.54, 1.807) is 0 Å². The second-order valence-corrected chi connectivity index (χ2v) is 9.69. The van der Waals surface area contributed by atoms with E-state index in [1.807, 2.05) is 0 Å². The van der Waals surface area contributed by atoms with Gasteiger partial charge in [0.1, 0.15) is 0 Å². The van der Waals surface area contributed by atoms with Gasteiger partial charge >= 0.3 is 0 Å². The summed E-state index contributed by atoms with van der Waals surface area (Å²) in [5.74, 6) is 0.761. The summed E-state index contributed by atoms with van der Waals surface area (Å²) in [6, 6.07) is 0. The topological polar surface area (TPSA) is 0 Å². The van der Waals surface area contributed by atoms with Crippen LogP contribution in [0.5, 0.6) is 0 Å². The molecule has 0 aliphatic heterocycles. The zero-order valence-electron chi connectivity index (χ0n) is 7.36. The molecule has 1 unspecified atom stereocenters. The molecule has 0 amide bonds. The van der Waals surface area contributed by atoms with Crippen molar-refractivity contribution >= 4 is 8.07 Å². The molecule has 0 aromatic carbocycles. The zero-order chi connectivity index (χ0) is 7.65. The third kappa shape index (κ3) is 3.04. The molecule has 0 saturated heterocycles. The zero-order valence-corrected chi connectivity index (χ0v) is 8.36. The van der Waals surface area contributed by atoms with Gasteiger partial charge in [-0.05, 0) is 11.5 Å². The molecule has 0 aromatic heterocycles.